The van der Waals surface area contributed by atoms with Gasteiger partial charge in [-0.3, -0.25) is 4.79 Å². The molecule has 3 fully saturated rings. The lowest BCUT2D eigenvalue weighted by Crippen LogP contribution is -2.66. The van der Waals surface area contributed by atoms with Crippen molar-refractivity contribution >= 4 is 5.91 Å². The van der Waals surface area contributed by atoms with Gasteiger partial charge in [0.25, 0.3) is 0 Å². The van der Waals surface area contributed by atoms with Crippen molar-refractivity contribution in [2.24, 2.45) is 0 Å². The van der Waals surface area contributed by atoms with Crippen molar-refractivity contribution in [3.05, 3.63) is 24.3 Å². The van der Waals surface area contributed by atoms with Gasteiger partial charge in [0, 0.05) is 6.42 Å². The van der Waals surface area contributed by atoms with Gasteiger partial charge in [0.05, 0.1) is 38.6 Å². The number of hydrogen-bond acceptors (Lipinski definition) is 18. The molecule has 0 aromatic carbocycles. The average Bonchev–Trinajstić information content (AvgIpc) is 0.798. The van der Waals surface area contributed by atoms with E-state index in [1.54, 1.807) is 6.08 Å². The summed E-state index contributed by atoms with van der Waals surface area (Å²) in [4.78, 5) is 13.5. The first-order valence-electron chi connectivity index (χ1n) is 39.6. The number of aliphatic hydroxyl groups is 11. The molecule has 566 valence electrons. The normalized spacial score (nSPS) is 27.1. The first kappa shape index (κ1) is 88.5. The summed E-state index contributed by atoms with van der Waals surface area (Å²) >= 11 is 0. The second-order valence-electron chi connectivity index (χ2n) is 28.5. The van der Waals surface area contributed by atoms with Crippen molar-refractivity contribution in [3.63, 3.8) is 0 Å². The van der Waals surface area contributed by atoms with E-state index in [2.05, 4.69) is 31.3 Å². The summed E-state index contributed by atoms with van der Waals surface area (Å²) in [6.45, 7) is 1.77. The van der Waals surface area contributed by atoms with Gasteiger partial charge in [-0.25, -0.2) is 0 Å². The Morgan fingerprint density at radius 2 is 0.667 bits per heavy atom. The van der Waals surface area contributed by atoms with Gasteiger partial charge in [-0.15, -0.1) is 0 Å². The van der Waals surface area contributed by atoms with E-state index in [9.17, 15) is 61.0 Å². The molecule has 0 bridgehead atoms. The minimum absolute atomic E-state index is 0.241. The quantitative estimate of drug-likeness (QED) is 0.0199. The van der Waals surface area contributed by atoms with Crippen molar-refractivity contribution in [1.82, 2.24) is 5.32 Å². The largest absolute Gasteiger partial charge is 0.394 e. The number of unbranched alkanes of at least 4 members (excludes halogenated alkanes) is 45. The van der Waals surface area contributed by atoms with E-state index in [0.717, 1.165) is 38.5 Å². The predicted octanol–water partition coefficient (Wildman–Crippen LogP) is 12.6. The predicted molar refractivity (Wildman–Crippen MR) is 379 cm³/mol. The van der Waals surface area contributed by atoms with E-state index in [4.69, 9.17) is 28.4 Å². The Bertz CT molecular complexity index is 1830. The maximum Gasteiger partial charge on any atom is 0.220 e. The van der Waals surface area contributed by atoms with E-state index in [-0.39, 0.29) is 18.9 Å². The van der Waals surface area contributed by atoms with Crippen LogP contribution in [0.4, 0.5) is 0 Å². The lowest BCUT2D eigenvalue weighted by Gasteiger charge is -2.48. The topological polar surface area (TPSA) is 307 Å². The summed E-state index contributed by atoms with van der Waals surface area (Å²) in [6.07, 6.45) is 43.2. The molecule has 19 heteroatoms. The Labute approximate surface area is 581 Å². The highest BCUT2D eigenvalue weighted by Crippen LogP contribution is 2.33. The molecule has 0 spiro atoms. The first-order valence-corrected chi connectivity index (χ1v) is 39.6. The van der Waals surface area contributed by atoms with Crippen LogP contribution in [-0.4, -0.2) is 193 Å². The summed E-state index contributed by atoms with van der Waals surface area (Å²) in [6, 6.07) is -0.988. The molecule has 19 nitrogen and oxygen atoms in total. The fourth-order valence-electron chi connectivity index (χ4n) is 13.6. The maximum absolute atomic E-state index is 13.5. The molecule has 0 radical (unpaired) electrons. The number of nitrogens with one attached hydrogen (secondary N) is 1. The Hall–Kier alpha value is -1.73. The van der Waals surface area contributed by atoms with E-state index >= 15 is 0 Å². The number of amides is 1. The second-order valence-corrected chi connectivity index (χ2v) is 28.5. The van der Waals surface area contributed by atoms with Crippen LogP contribution in [0.3, 0.4) is 0 Å². The molecule has 96 heavy (non-hydrogen) atoms. The van der Waals surface area contributed by atoms with Crippen LogP contribution >= 0.6 is 0 Å². The minimum atomic E-state index is -1.98. The minimum Gasteiger partial charge on any atom is -0.394 e. The number of allylic oxidation sites excluding steroid dienone is 3. The molecule has 0 aromatic rings. The maximum atomic E-state index is 13.5. The zero-order valence-electron chi connectivity index (χ0n) is 60.4. The van der Waals surface area contributed by atoms with Crippen molar-refractivity contribution in [1.29, 1.82) is 0 Å². The Kier molecular flexibility index (Phi) is 54.1. The fraction of sp³-hybridized carbons (Fsp3) is 0.935. The Morgan fingerprint density at radius 3 is 1.04 bits per heavy atom. The average molecular weight is 1370 g/mol. The van der Waals surface area contributed by atoms with Gasteiger partial charge in [-0.1, -0.05) is 314 Å². The molecule has 3 aliphatic rings. The van der Waals surface area contributed by atoms with E-state index in [1.807, 2.05) is 6.08 Å². The van der Waals surface area contributed by atoms with Gasteiger partial charge >= 0.3 is 0 Å². The number of aliphatic hydroxyl groups excluding tert-OH is 11. The molecule has 0 aromatic heterocycles. The lowest BCUT2D eigenvalue weighted by molar-refractivity contribution is -0.379. The molecule has 3 rings (SSSR count). The van der Waals surface area contributed by atoms with Crippen LogP contribution in [0.2, 0.25) is 0 Å². The molecule has 12 N–H and O–H groups in total. The third kappa shape index (κ3) is 39.1. The zero-order chi connectivity index (χ0) is 69.6. The van der Waals surface area contributed by atoms with E-state index in [0.29, 0.717) is 12.8 Å². The molecule has 0 saturated carbocycles. The van der Waals surface area contributed by atoms with Crippen LogP contribution in [0.5, 0.6) is 0 Å². The molecule has 3 heterocycles. The van der Waals surface area contributed by atoms with Gasteiger partial charge in [0.2, 0.25) is 5.91 Å². The van der Waals surface area contributed by atoms with E-state index in [1.165, 1.54) is 257 Å². The number of carbonyl (C=O) groups excluding carboxylic acids is 1. The van der Waals surface area contributed by atoms with Gasteiger partial charge in [0.1, 0.15) is 73.2 Å². The molecule has 17 atom stereocenters. The molecular formula is C77H145NO18. The van der Waals surface area contributed by atoms with Crippen molar-refractivity contribution in [2.75, 3.05) is 26.4 Å². The van der Waals surface area contributed by atoms with Crippen LogP contribution in [0.15, 0.2) is 24.3 Å². The van der Waals surface area contributed by atoms with Crippen LogP contribution in [-0.2, 0) is 33.2 Å². The molecule has 3 saturated heterocycles. The van der Waals surface area contributed by atoms with Crippen molar-refractivity contribution in [3.8, 4) is 0 Å². The number of hydrogen-bond donors (Lipinski definition) is 12. The monoisotopic (exact) mass is 1370 g/mol. The van der Waals surface area contributed by atoms with Gasteiger partial charge in [-0.05, 0) is 32.1 Å². The molecule has 3 aliphatic heterocycles. The lowest BCUT2D eigenvalue weighted by atomic mass is 9.96. The van der Waals surface area contributed by atoms with Gasteiger partial charge in [0.15, 0.2) is 18.9 Å². The highest BCUT2D eigenvalue weighted by molar-refractivity contribution is 5.76. The molecule has 0 aliphatic carbocycles. The summed E-state index contributed by atoms with van der Waals surface area (Å²) in [5.41, 5.74) is 0. The highest BCUT2D eigenvalue weighted by atomic mass is 16.8. The second kappa shape index (κ2) is 58.7. The third-order valence-electron chi connectivity index (χ3n) is 20.0. The first-order chi connectivity index (χ1) is 46.8. The van der Waals surface area contributed by atoms with Crippen molar-refractivity contribution in [2.45, 2.75) is 433 Å². The molecular weight excluding hydrogens is 1230 g/mol. The number of ether oxygens (including phenoxy) is 6. The van der Waals surface area contributed by atoms with Crippen LogP contribution in [0.25, 0.3) is 0 Å². The molecule has 17 unspecified atom stereocenters. The Morgan fingerprint density at radius 1 is 0.365 bits per heavy atom. The zero-order valence-corrected chi connectivity index (χ0v) is 60.4. The van der Waals surface area contributed by atoms with Crippen LogP contribution in [0, 0.1) is 0 Å². The van der Waals surface area contributed by atoms with Crippen molar-refractivity contribution < 1.29 is 89.4 Å². The SMILES string of the molecule is CCCCCCCCCCCCCCC/C=C/CC/C=C/C(O)C(COC1OC(CO)C(OC2OC(CO)C(OC3OC(CO)C(O)C(O)C3O)C(O)C2O)C(O)C1O)NC(=O)CCCCCCCCCCCCCCCCCCCCCCCCCCCCCCCCCC. The molecule has 1 amide bonds. The van der Waals surface area contributed by atoms with Gasteiger partial charge in [-0.2, -0.15) is 0 Å². The van der Waals surface area contributed by atoms with E-state index < -0.39 is 124 Å². The third-order valence-corrected chi connectivity index (χ3v) is 20.0. The smallest absolute Gasteiger partial charge is 0.220 e. The number of carbonyl (C=O) groups is 1. The number of rotatable bonds is 63. The summed E-state index contributed by atoms with van der Waals surface area (Å²) in [5.74, 6) is -0.278. The van der Waals surface area contributed by atoms with Gasteiger partial charge < -0.3 is 89.9 Å². The standard InChI is InChI=1S/C77H145NO18/c1-3-5-7-9-11-13-15-17-19-21-23-24-25-26-27-28-29-30-31-32-33-34-35-37-39-41-43-45-47-49-51-53-55-65(83)78-60(61(82)54-52-50-48-46-44-42-40-38-36-22-20-18-16-14-12-10-8-6-4-2)59-91-75-71(89)68(86)73(63(57-80)93-75)96-77-72(90)69(87)74(64(58-81)94-77)95-76-70(88)67(85)66(84)62(56-79)92-76/h44,46,52,54,60-64,66-77,79-82,84-90H,3-43,45,47-51,53,55-59H2,1-2H3,(H,78,83)/b46-44+,54-52+. The van der Waals surface area contributed by atoms with Crippen LogP contribution in [0.1, 0.15) is 328 Å². The highest BCUT2D eigenvalue weighted by Gasteiger charge is 2.53. The Balaban J connectivity index is 1.36. The summed E-state index contributed by atoms with van der Waals surface area (Å²) in [7, 11) is 0. The summed E-state index contributed by atoms with van der Waals surface area (Å²) < 4.78 is 34.4. The fourth-order valence-corrected chi connectivity index (χ4v) is 13.6. The summed E-state index contributed by atoms with van der Waals surface area (Å²) in [5, 5.41) is 121. The van der Waals surface area contributed by atoms with Crippen LogP contribution < -0.4 is 5.32 Å².